The zero-order valence-electron chi connectivity index (χ0n) is 14.2. The average molecular weight is 421 g/mol. The van der Waals surface area contributed by atoms with Gasteiger partial charge in [-0.15, -0.1) is 28.3 Å². The summed E-state index contributed by atoms with van der Waals surface area (Å²) in [5, 5.41) is 6.40. The van der Waals surface area contributed by atoms with Gasteiger partial charge in [0.2, 0.25) is 0 Å². The van der Waals surface area contributed by atoms with Crippen molar-refractivity contribution in [1.29, 1.82) is 0 Å². The van der Waals surface area contributed by atoms with E-state index >= 15 is 0 Å². The van der Waals surface area contributed by atoms with E-state index in [4.69, 9.17) is 9.47 Å². The van der Waals surface area contributed by atoms with E-state index in [0.717, 1.165) is 40.9 Å². The van der Waals surface area contributed by atoms with Crippen molar-refractivity contribution in [3.05, 3.63) is 59.5 Å². The number of thiazole rings is 1. The quantitative estimate of drug-likeness (QED) is 0.579. The van der Waals surface area contributed by atoms with Crippen molar-refractivity contribution >= 4 is 33.4 Å². The van der Waals surface area contributed by atoms with Crippen molar-refractivity contribution in [2.24, 2.45) is 0 Å². The first-order valence-electron chi connectivity index (χ1n) is 7.76. The van der Waals surface area contributed by atoms with Gasteiger partial charge in [-0.25, -0.2) is 4.98 Å². The molecule has 0 saturated heterocycles. The molecule has 0 fully saturated rings. The molecule has 1 N–H and O–H groups in total. The Labute approximate surface area is 162 Å². The molecule has 0 aliphatic heterocycles. The zero-order chi connectivity index (χ0) is 16.8. The minimum atomic E-state index is 0. The maximum absolute atomic E-state index is 5.34. The smallest absolute Gasteiger partial charge is 0.183 e. The highest BCUT2D eigenvalue weighted by Gasteiger charge is 2.06. The highest BCUT2D eigenvalue weighted by Crippen LogP contribution is 2.28. The molecular weight excluding hydrogens is 400 g/mol. The number of rotatable bonds is 7. The molecule has 0 atom stereocenters. The van der Waals surface area contributed by atoms with Crippen molar-refractivity contribution in [1.82, 2.24) is 4.98 Å². The number of hydrogen-bond acceptors (Lipinski definition) is 5. The number of nitrogens with zero attached hydrogens (tertiary/aromatic N) is 1. The van der Waals surface area contributed by atoms with Crippen molar-refractivity contribution in [3.8, 4) is 22.8 Å². The number of methoxy groups -OCH3 is 2. The Balaban J connectivity index is 0.00000225. The predicted octanol–water partition coefficient (Wildman–Crippen LogP) is 5.06. The Morgan fingerprint density at radius 2 is 1.76 bits per heavy atom. The monoisotopic (exact) mass is 420 g/mol. The molecule has 0 spiro atoms. The molecule has 4 nitrogen and oxygen atoms in total. The number of halogens is 1. The molecule has 132 valence electrons. The van der Waals surface area contributed by atoms with Crippen molar-refractivity contribution in [3.63, 3.8) is 0 Å². The van der Waals surface area contributed by atoms with Gasteiger partial charge >= 0.3 is 0 Å². The summed E-state index contributed by atoms with van der Waals surface area (Å²) in [5.74, 6) is 1.51. The van der Waals surface area contributed by atoms with Crippen LogP contribution in [0.4, 0.5) is 5.13 Å². The molecule has 0 saturated carbocycles. The minimum absolute atomic E-state index is 0. The van der Waals surface area contributed by atoms with E-state index in [1.54, 1.807) is 25.6 Å². The number of aromatic nitrogens is 1. The average Bonchev–Trinajstić information content (AvgIpc) is 3.11. The Morgan fingerprint density at radius 3 is 2.48 bits per heavy atom. The van der Waals surface area contributed by atoms with Crippen molar-refractivity contribution < 1.29 is 9.47 Å². The van der Waals surface area contributed by atoms with Gasteiger partial charge in [0.15, 0.2) is 16.6 Å². The summed E-state index contributed by atoms with van der Waals surface area (Å²) in [7, 11) is 3.30. The van der Waals surface area contributed by atoms with Crippen LogP contribution in [0.1, 0.15) is 5.56 Å². The maximum atomic E-state index is 5.34. The first kappa shape index (κ1) is 19.3. The summed E-state index contributed by atoms with van der Waals surface area (Å²) in [4.78, 5) is 4.64. The summed E-state index contributed by atoms with van der Waals surface area (Å²) in [5.41, 5.74) is 3.34. The second-order valence-corrected chi connectivity index (χ2v) is 6.13. The third-order valence-electron chi connectivity index (χ3n) is 3.71. The van der Waals surface area contributed by atoms with Crippen LogP contribution in [-0.2, 0) is 6.42 Å². The summed E-state index contributed by atoms with van der Waals surface area (Å²) in [6, 6.07) is 16.2. The lowest BCUT2D eigenvalue weighted by Crippen LogP contribution is -2.05. The van der Waals surface area contributed by atoms with E-state index < -0.39 is 0 Å². The van der Waals surface area contributed by atoms with E-state index in [2.05, 4.69) is 33.9 Å². The van der Waals surface area contributed by atoms with Gasteiger partial charge in [-0.2, -0.15) is 0 Å². The molecule has 25 heavy (non-hydrogen) atoms. The van der Waals surface area contributed by atoms with Gasteiger partial charge in [0.1, 0.15) is 0 Å². The largest absolute Gasteiger partial charge is 0.493 e. The molecule has 1 heterocycles. The van der Waals surface area contributed by atoms with E-state index in [-0.39, 0.29) is 17.0 Å². The predicted molar refractivity (Wildman–Crippen MR) is 110 cm³/mol. The molecule has 0 unspecified atom stereocenters. The number of nitrogens with one attached hydrogen (secondary N) is 1. The number of anilines is 1. The van der Waals surface area contributed by atoms with Crippen LogP contribution in [0.15, 0.2) is 53.9 Å². The molecule has 0 aliphatic rings. The second-order valence-electron chi connectivity index (χ2n) is 5.27. The third kappa shape index (κ3) is 4.96. The molecule has 0 radical (unpaired) electrons. The van der Waals surface area contributed by atoms with Crippen LogP contribution in [0.25, 0.3) is 11.3 Å². The van der Waals surface area contributed by atoms with E-state index in [9.17, 15) is 0 Å². The second kappa shape index (κ2) is 9.44. The molecule has 0 amide bonds. The lowest BCUT2D eigenvalue weighted by atomic mass is 10.1. The fourth-order valence-corrected chi connectivity index (χ4v) is 3.19. The van der Waals surface area contributed by atoms with Crippen LogP contribution >= 0.6 is 28.3 Å². The number of ether oxygens (including phenoxy) is 2. The van der Waals surface area contributed by atoms with Crippen LogP contribution in [0.2, 0.25) is 0 Å². The summed E-state index contributed by atoms with van der Waals surface area (Å²) in [6.07, 6.45) is 0.889. The van der Waals surface area contributed by atoms with Gasteiger partial charge < -0.3 is 14.8 Å². The third-order valence-corrected chi connectivity index (χ3v) is 4.51. The summed E-state index contributed by atoms with van der Waals surface area (Å²) >= 11 is 1.63. The fourth-order valence-electron chi connectivity index (χ4n) is 2.45. The van der Waals surface area contributed by atoms with Crippen LogP contribution in [0.3, 0.4) is 0 Å². The van der Waals surface area contributed by atoms with Gasteiger partial charge in [0.25, 0.3) is 0 Å². The molecule has 0 bridgehead atoms. The zero-order valence-corrected chi connectivity index (χ0v) is 16.7. The first-order chi connectivity index (χ1) is 11.8. The van der Waals surface area contributed by atoms with Gasteiger partial charge in [-0.05, 0) is 24.1 Å². The van der Waals surface area contributed by atoms with Gasteiger partial charge in [0, 0.05) is 17.5 Å². The lowest BCUT2D eigenvalue weighted by molar-refractivity contribution is 0.354. The van der Waals surface area contributed by atoms with E-state index in [1.165, 1.54) is 5.56 Å². The first-order valence-corrected chi connectivity index (χ1v) is 8.64. The topological polar surface area (TPSA) is 43.4 Å². The SMILES string of the molecule is Br.COc1ccc(CCNc2nc(-c3ccccc3)cs2)cc1OC. The normalized spacial score (nSPS) is 10.0. The molecule has 0 aliphatic carbocycles. The van der Waals surface area contributed by atoms with Crippen molar-refractivity contribution in [2.45, 2.75) is 6.42 Å². The molecule has 3 aromatic rings. The standard InChI is InChI=1S/C19H20N2O2S.BrH/c1-22-17-9-8-14(12-18(17)23-2)10-11-20-19-21-16(13-24-19)15-6-4-3-5-7-15;/h3-9,12-13H,10-11H2,1-2H3,(H,20,21);1H. The van der Waals surface area contributed by atoms with Crippen LogP contribution in [0.5, 0.6) is 11.5 Å². The fraction of sp³-hybridized carbons (Fsp3) is 0.211. The minimum Gasteiger partial charge on any atom is -0.493 e. The number of benzene rings is 2. The highest BCUT2D eigenvalue weighted by molar-refractivity contribution is 8.93. The van der Waals surface area contributed by atoms with E-state index in [0.29, 0.717) is 0 Å². The lowest BCUT2D eigenvalue weighted by Gasteiger charge is -2.09. The molecule has 6 heteroatoms. The Morgan fingerprint density at radius 1 is 1.00 bits per heavy atom. The summed E-state index contributed by atoms with van der Waals surface area (Å²) < 4.78 is 10.6. The molecule has 1 aromatic heterocycles. The van der Waals surface area contributed by atoms with Crippen molar-refractivity contribution in [2.75, 3.05) is 26.1 Å². The Kier molecular flexibility index (Phi) is 7.28. The van der Waals surface area contributed by atoms with Gasteiger partial charge in [0.05, 0.1) is 19.9 Å². The van der Waals surface area contributed by atoms with Crippen LogP contribution in [0, 0.1) is 0 Å². The van der Waals surface area contributed by atoms with E-state index in [1.807, 2.05) is 30.3 Å². The van der Waals surface area contributed by atoms with Crippen LogP contribution < -0.4 is 14.8 Å². The Hall–Kier alpha value is -2.05. The number of hydrogen-bond donors (Lipinski definition) is 1. The maximum Gasteiger partial charge on any atom is 0.183 e. The summed E-state index contributed by atoms with van der Waals surface area (Å²) in [6.45, 7) is 0.817. The molecule has 3 rings (SSSR count). The van der Waals surface area contributed by atoms with Gasteiger partial charge in [-0.3, -0.25) is 0 Å². The Bertz CT molecular complexity index is 793. The highest BCUT2D eigenvalue weighted by atomic mass is 79.9. The molecular formula is C19H21BrN2O2S. The molecule has 2 aromatic carbocycles. The van der Waals surface area contributed by atoms with Crippen LogP contribution in [-0.4, -0.2) is 25.7 Å². The van der Waals surface area contributed by atoms with Gasteiger partial charge in [-0.1, -0.05) is 36.4 Å².